The van der Waals surface area contributed by atoms with Crippen molar-refractivity contribution in [2.45, 2.75) is 32.2 Å². The summed E-state index contributed by atoms with van der Waals surface area (Å²) >= 11 is 0. The number of carbonyl (C=O) groups is 1. The van der Waals surface area contributed by atoms with Crippen molar-refractivity contribution in [2.24, 2.45) is 0 Å². The predicted octanol–water partition coefficient (Wildman–Crippen LogP) is 0.894. The maximum atomic E-state index is 10.9. The molecule has 0 atom stereocenters. The van der Waals surface area contributed by atoms with Gasteiger partial charge in [-0.15, -0.1) is 0 Å². The van der Waals surface area contributed by atoms with Gasteiger partial charge in [0.2, 0.25) is 0 Å². The van der Waals surface area contributed by atoms with E-state index in [4.69, 9.17) is 5.11 Å². The van der Waals surface area contributed by atoms with Crippen LogP contribution in [0.3, 0.4) is 0 Å². The molecule has 1 amide bonds. The Hall–Kier alpha value is -0.770. The standard InChI is InChI=1S/C8H17NO3/c1-4-8(5-2,6-10)9-7(11)12-3/h10H,4-6H2,1-3H3,(H,9,11). The lowest BCUT2D eigenvalue weighted by atomic mass is 9.94. The summed E-state index contributed by atoms with van der Waals surface area (Å²) in [6.45, 7) is 3.76. The molecule has 0 aliphatic carbocycles. The topological polar surface area (TPSA) is 58.6 Å². The fourth-order valence-corrected chi connectivity index (χ4v) is 0.957. The Morgan fingerprint density at radius 1 is 1.50 bits per heavy atom. The molecule has 0 aromatic rings. The number of methoxy groups -OCH3 is 1. The monoisotopic (exact) mass is 175 g/mol. The molecule has 0 aliphatic heterocycles. The molecule has 0 aromatic carbocycles. The average molecular weight is 175 g/mol. The summed E-state index contributed by atoms with van der Waals surface area (Å²) < 4.78 is 4.45. The van der Waals surface area contributed by atoms with Crippen molar-refractivity contribution in [1.82, 2.24) is 5.32 Å². The first-order valence-electron chi connectivity index (χ1n) is 4.11. The van der Waals surface area contributed by atoms with Crippen molar-refractivity contribution in [2.75, 3.05) is 13.7 Å². The van der Waals surface area contributed by atoms with E-state index in [1.165, 1.54) is 7.11 Å². The lowest BCUT2D eigenvalue weighted by Gasteiger charge is -2.29. The third kappa shape index (κ3) is 2.70. The van der Waals surface area contributed by atoms with Crippen LogP contribution < -0.4 is 5.32 Å². The van der Waals surface area contributed by atoms with E-state index >= 15 is 0 Å². The van der Waals surface area contributed by atoms with Gasteiger partial charge in [-0.1, -0.05) is 13.8 Å². The van der Waals surface area contributed by atoms with Gasteiger partial charge in [0.25, 0.3) is 0 Å². The molecular formula is C8H17NO3. The Bertz CT molecular complexity index is 135. The summed E-state index contributed by atoms with van der Waals surface area (Å²) in [5, 5.41) is 11.7. The van der Waals surface area contributed by atoms with E-state index in [1.54, 1.807) is 0 Å². The number of hydrogen-bond acceptors (Lipinski definition) is 3. The fraction of sp³-hybridized carbons (Fsp3) is 0.875. The average Bonchev–Trinajstić information content (AvgIpc) is 2.14. The zero-order chi connectivity index (χ0) is 9.61. The van der Waals surface area contributed by atoms with Gasteiger partial charge in [0.15, 0.2) is 0 Å². The Labute approximate surface area is 72.9 Å². The van der Waals surface area contributed by atoms with Crippen molar-refractivity contribution < 1.29 is 14.6 Å². The van der Waals surface area contributed by atoms with E-state index in [0.29, 0.717) is 12.8 Å². The second-order valence-corrected chi connectivity index (χ2v) is 2.76. The summed E-state index contributed by atoms with van der Waals surface area (Å²) in [4.78, 5) is 10.9. The first kappa shape index (κ1) is 11.2. The van der Waals surface area contributed by atoms with Gasteiger partial charge in [-0.3, -0.25) is 0 Å². The van der Waals surface area contributed by atoms with Crippen LogP contribution in [0.25, 0.3) is 0 Å². The SMILES string of the molecule is CCC(CC)(CO)NC(=O)OC. The van der Waals surface area contributed by atoms with Crippen molar-refractivity contribution in [3.8, 4) is 0 Å². The van der Waals surface area contributed by atoms with Gasteiger partial charge in [-0.05, 0) is 12.8 Å². The molecular weight excluding hydrogens is 158 g/mol. The first-order chi connectivity index (χ1) is 5.64. The number of amides is 1. The molecule has 0 aromatic heterocycles. The van der Waals surface area contributed by atoms with E-state index in [0.717, 1.165) is 0 Å². The van der Waals surface area contributed by atoms with Crippen LogP contribution in [0.5, 0.6) is 0 Å². The quantitative estimate of drug-likeness (QED) is 0.667. The number of carbonyl (C=O) groups excluding carboxylic acids is 1. The highest BCUT2D eigenvalue weighted by molar-refractivity contribution is 5.68. The second kappa shape index (κ2) is 4.98. The van der Waals surface area contributed by atoms with Crippen molar-refractivity contribution in [1.29, 1.82) is 0 Å². The number of ether oxygens (including phenoxy) is 1. The second-order valence-electron chi connectivity index (χ2n) is 2.76. The molecule has 0 bridgehead atoms. The molecule has 2 N–H and O–H groups in total. The Morgan fingerprint density at radius 2 is 2.00 bits per heavy atom. The minimum Gasteiger partial charge on any atom is -0.453 e. The molecule has 12 heavy (non-hydrogen) atoms. The maximum Gasteiger partial charge on any atom is 0.407 e. The normalized spacial score (nSPS) is 11.0. The van der Waals surface area contributed by atoms with Crippen LogP contribution in [0.4, 0.5) is 4.79 Å². The number of rotatable bonds is 4. The lowest BCUT2D eigenvalue weighted by molar-refractivity contribution is 0.120. The molecule has 72 valence electrons. The van der Waals surface area contributed by atoms with Gasteiger partial charge < -0.3 is 15.2 Å². The van der Waals surface area contributed by atoms with Gasteiger partial charge in [0.1, 0.15) is 0 Å². The summed E-state index contributed by atoms with van der Waals surface area (Å²) in [6, 6.07) is 0. The molecule has 0 radical (unpaired) electrons. The van der Waals surface area contributed by atoms with Crippen molar-refractivity contribution in [3.63, 3.8) is 0 Å². The smallest absolute Gasteiger partial charge is 0.407 e. The van der Waals surface area contributed by atoms with Crippen molar-refractivity contribution >= 4 is 6.09 Å². The molecule has 0 saturated heterocycles. The summed E-state index contributed by atoms with van der Waals surface area (Å²) in [5.74, 6) is 0. The van der Waals surface area contributed by atoms with Gasteiger partial charge >= 0.3 is 6.09 Å². The third-order valence-corrected chi connectivity index (χ3v) is 2.21. The van der Waals surface area contributed by atoms with Crippen LogP contribution in [0.15, 0.2) is 0 Å². The molecule has 0 aliphatic rings. The van der Waals surface area contributed by atoms with E-state index in [9.17, 15) is 4.79 Å². The molecule has 0 spiro atoms. The van der Waals surface area contributed by atoms with Crippen LogP contribution in [0, 0.1) is 0 Å². The molecule has 0 saturated carbocycles. The highest BCUT2D eigenvalue weighted by atomic mass is 16.5. The van der Waals surface area contributed by atoms with Crippen molar-refractivity contribution in [3.05, 3.63) is 0 Å². The van der Waals surface area contributed by atoms with Crippen LogP contribution in [-0.4, -0.2) is 30.5 Å². The Morgan fingerprint density at radius 3 is 2.25 bits per heavy atom. The van der Waals surface area contributed by atoms with E-state index in [1.807, 2.05) is 13.8 Å². The number of hydrogen-bond donors (Lipinski definition) is 2. The van der Waals surface area contributed by atoms with E-state index < -0.39 is 11.6 Å². The summed E-state index contributed by atoms with van der Waals surface area (Å²) in [6.07, 6.45) is 0.886. The van der Waals surface area contributed by atoms with Crippen LogP contribution in [-0.2, 0) is 4.74 Å². The minimum absolute atomic E-state index is 0.0604. The fourth-order valence-electron chi connectivity index (χ4n) is 0.957. The van der Waals surface area contributed by atoms with E-state index in [-0.39, 0.29) is 6.61 Å². The molecule has 0 unspecified atom stereocenters. The summed E-state index contributed by atoms with van der Waals surface area (Å²) in [7, 11) is 1.31. The molecule has 0 fully saturated rings. The first-order valence-corrected chi connectivity index (χ1v) is 4.11. The van der Waals surface area contributed by atoms with Crippen LogP contribution >= 0.6 is 0 Å². The highest BCUT2D eigenvalue weighted by Gasteiger charge is 2.27. The number of alkyl carbamates (subject to hydrolysis) is 1. The third-order valence-electron chi connectivity index (χ3n) is 2.21. The van der Waals surface area contributed by atoms with Gasteiger partial charge in [0.05, 0.1) is 19.3 Å². The molecule has 0 heterocycles. The number of aliphatic hydroxyl groups is 1. The predicted molar refractivity (Wildman–Crippen MR) is 45.9 cm³/mol. The molecule has 4 heteroatoms. The van der Waals surface area contributed by atoms with E-state index in [2.05, 4.69) is 10.1 Å². The Kier molecular flexibility index (Phi) is 4.66. The van der Waals surface area contributed by atoms with Crippen LogP contribution in [0.2, 0.25) is 0 Å². The van der Waals surface area contributed by atoms with Gasteiger partial charge in [0, 0.05) is 0 Å². The zero-order valence-corrected chi connectivity index (χ0v) is 7.89. The van der Waals surface area contributed by atoms with Gasteiger partial charge in [-0.2, -0.15) is 0 Å². The summed E-state index contributed by atoms with van der Waals surface area (Å²) in [5.41, 5.74) is -0.521. The highest BCUT2D eigenvalue weighted by Crippen LogP contribution is 2.13. The molecule has 0 rings (SSSR count). The lowest BCUT2D eigenvalue weighted by Crippen LogP contribution is -2.50. The van der Waals surface area contributed by atoms with Gasteiger partial charge in [-0.25, -0.2) is 4.79 Å². The molecule has 4 nitrogen and oxygen atoms in total. The largest absolute Gasteiger partial charge is 0.453 e. The zero-order valence-electron chi connectivity index (χ0n) is 7.89. The number of nitrogens with one attached hydrogen (secondary N) is 1. The van der Waals surface area contributed by atoms with Crippen LogP contribution in [0.1, 0.15) is 26.7 Å². The minimum atomic E-state index is -0.521. The Balaban J connectivity index is 4.19. The number of aliphatic hydroxyl groups excluding tert-OH is 1. The maximum absolute atomic E-state index is 10.9.